The van der Waals surface area contributed by atoms with Crippen LogP contribution in [-0.4, -0.2) is 44.3 Å². The van der Waals surface area contributed by atoms with E-state index < -0.39 is 9.84 Å². The van der Waals surface area contributed by atoms with E-state index in [0.29, 0.717) is 24.3 Å². The van der Waals surface area contributed by atoms with Crippen LogP contribution in [0.15, 0.2) is 24.3 Å². The van der Waals surface area contributed by atoms with Gasteiger partial charge in [-0.25, -0.2) is 8.42 Å². The molecule has 0 bridgehead atoms. The number of hydrogen-bond donors (Lipinski definition) is 1. The van der Waals surface area contributed by atoms with Gasteiger partial charge in [0.2, 0.25) is 5.91 Å². The number of hydrogen-bond acceptors (Lipinski definition) is 5. The Morgan fingerprint density at radius 1 is 1.22 bits per heavy atom. The zero-order valence-electron chi connectivity index (χ0n) is 13.1. The Balaban J connectivity index is 1.78. The van der Waals surface area contributed by atoms with Crippen molar-refractivity contribution < 1.29 is 22.7 Å². The molecule has 7 heteroatoms. The monoisotopic (exact) mass is 339 g/mol. The lowest BCUT2D eigenvalue weighted by Gasteiger charge is -2.10. The second kappa shape index (κ2) is 7.59. The van der Waals surface area contributed by atoms with Crippen LogP contribution in [0, 0.1) is 0 Å². The number of sulfone groups is 1. The summed E-state index contributed by atoms with van der Waals surface area (Å²) in [5.74, 6) is 0.395. The summed E-state index contributed by atoms with van der Waals surface area (Å²) in [5.41, 5.74) is 0.532. The maximum atomic E-state index is 12.0. The molecule has 1 amide bonds. The van der Waals surface area contributed by atoms with Crippen LogP contribution in [-0.2, 0) is 14.6 Å². The van der Waals surface area contributed by atoms with Gasteiger partial charge in [0.25, 0.3) is 0 Å². The number of nitrogens with one attached hydrogen (secondary N) is 1. The molecule has 1 aliphatic rings. The van der Waals surface area contributed by atoms with E-state index in [0.717, 1.165) is 0 Å². The SMILES string of the molecule is CCOc1ccc(C(=O)CCC(=O)N[C@H]2CCS(=O)(=O)C2)cc1. The highest BCUT2D eigenvalue weighted by molar-refractivity contribution is 7.91. The van der Waals surface area contributed by atoms with Crippen molar-refractivity contribution >= 4 is 21.5 Å². The van der Waals surface area contributed by atoms with Gasteiger partial charge in [-0.05, 0) is 37.6 Å². The molecule has 1 aromatic rings. The van der Waals surface area contributed by atoms with Gasteiger partial charge >= 0.3 is 0 Å². The van der Waals surface area contributed by atoms with E-state index in [9.17, 15) is 18.0 Å². The van der Waals surface area contributed by atoms with Crippen molar-refractivity contribution in [1.29, 1.82) is 0 Å². The van der Waals surface area contributed by atoms with Crippen molar-refractivity contribution in [3.63, 3.8) is 0 Å². The van der Waals surface area contributed by atoms with Crippen LogP contribution in [0.1, 0.15) is 36.5 Å². The van der Waals surface area contributed by atoms with Crippen LogP contribution in [0.5, 0.6) is 5.75 Å². The van der Waals surface area contributed by atoms with Crippen LogP contribution >= 0.6 is 0 Å². The first-order valence-electron chi connectivity index (χ1n) is 7.65. The molecular formula is C16H21NO5S. The Hall–Kier alpha value is -1.89. The van der Waals surface area contributed by atoms with E-state index in [4.69, 9.17) is 4.74 Å². The van der Waals surface area contributed by atoms with Gasteiger partial charge in [0, 0.05) is 24.4 Å². The highest BCUT2D eigenvalue weighted by Gasteiger charge is 2.28. The van der Waals surface area contributed by atoms with Crippen molar-refractivity contribution in [2.45, 2.75) is 32.2 Å². The number of carbonyl (C=O) groups is 2. The van der Waals surface area contributed by atoms with Crippen LogP contribution in [0.2, 0.25) is 0 Å². The molecule has 1 saturated heterocycles. The first-order chi connectivity index (χ1) is 10.9. The largest absolute Gasteiger partial charge is 0.494 e. The lowest BCUT2D eigenvalue weighted by atomic mass is 10.1. The zero-order chi connectivity index (χ0) is 16.9. The Kier molecular flexibility index (Phi) is 5.76. The van der Waals surface area contributed by atoms with Gasteiger partial charge in [-0.3, -0.25) is 9.59 Å². The van der Waals surface area contributed by atoms with Crippen molar-refractivity contribution in [3.05, 3.63) is 29.8 Å². The van der Waals surface area contributed by atoms with Crippen LogP contribution in [0.3, 0.4) is 0 Å². The lowest BCUT2D eigenvalue weighted by molar-refractivity contribution is -0.121. The van der Waals surface area contributed by atoms with Gasteiger partial charge in [0.15, 0.2) is 15.6 Å². The second-order valence-corrected chi connectivity index (χ2v) is 7.78. The zero-order valence-corrected chi connectivity index (χ0v) is 13.9. The summed E-state index contributed by atoms with van der Waals surface area (Å²) in [5, 5.41) is 2.68. The number of rotatable bonds is 7. The molecule has 1 heterocycles. The summed E-state index contributed by atoms with van der Waals surface area (Å²) in [6, 6.07) is 6.47. The third-order valence-corrected chi connectivity index (χ3v) is 5.43. The molecule has 1 aromatic carbocycles. The maximum Gasteiger partial charge on any atom is 0.220 e. The van der Waals surface area contributed by atoms with Gasteiger partial charge in [-0.15, -0.1) is 0 Å². The quantitative estimate of drug-likeness (QED) is 0.758. The molecule has 0 radical (unpaired) electrons. The van der Waals surface area contributed by atoms with Gasteiger partial charge in [0.05, 0.1) is 18.1 Å². The standard InChI is InChI=1S/C16H21NO5S/c1-2-22-14-5-3-12(4-6-14)15(18)7-8-16(19)17-13-9-10-23(20,21)11-13/h3-6,13H,2,7-11H2,1H3,(H,17,19)/t13-/m0/s1. The summed E-state index contributed by atoms with van der Waals surface area (Å²) in [6.07, 6.45) is 0.600. The van der Waals surface area contributed by atoms with E-state index >= 15 is 0 Å². The molecule has 0 unspecified atom stereocenters. The third-order valence-electron chi connectivity index (χ3n) is 3.66. The van der Waals surface area contributed by atoms with Gasteiger partial charge in [-0.1, -0.05) is 0 Å². The van der Waals surface area contributed by atoms with Crippen molar-refractivity contribution in [2.75, 3.05) is 18.1 Å². The minimum atomic E-state index is -3.02. The highest BCUT2D eigenvalue weighted by Crippen LogP contribution is 2.15. The Bertz CT molecular complexity index is 666. The normalized spacial score (nSPS) is 19.3. The molecule has 0 aliphatic carbocycles. The lowest BCUT2D eigenvalue weighted by Crippen LogP contribution is -2.35. The fraction of sp³-hybridized carbons (Fsp3) is 0.500. The molecular weight excluding hydrogens is 318 g/mol. The van der Waals surface area contributed by atoms with Gasteiger partial charge in [0.1, 0.15) is 5.75 Å². The van der Waals surface area contributed by atoms with E-state index in [1.165, 1.54) is 0 Å². The minimum Gasteiger partial charge on any atom is -0.494 e. The maximum absolute atomic E-state index is 12.0. The van der Waals surface area contributed by atoms with Gasteiger partial charge in [-0.2, -0.15) is 0 Å². The number of benzene rings is 1. The van der Waals surface area contributed by atoms with E-state index in [1.54, 1.807) is 24.3 Å². The van der Waals surface area contributed by atoms with Crippen molar-refractivity contribution in [1.82, 2.24) is 5.32 Å². The molecule has 1 atom stereocenters. The van der Waals surface area contributed by atoms with Crippen molar-refractivity contribution in [2.24, 2.45) is 0 Å². The van der Waals surface area contributed by atoms with Crippen molar-refractivity contribution in [3.8, 4) is 5.75 Å². The minimum absolute atomic E-state index is 0.00836. The molecule has 1 aliphatic heterocycles. The highest BCUT2D eigenvalue weighted by atomic mass is 32.2. The average molecular weight is 339 g/mol. The second-order valence-electron chi connectivity index (χ2n) is 5.55. The number of carbonyl (C=O) groups excluding carboxylic acids is 2. The summed E-state index contributed by atoms with van der Waals surface area (Å²) in [4.78, 5) is 23.8. The fourth-order valence-corrected chi connectivity index (χ4v) is 4.16. The number of Topliss-reactive ketones (excluding diaryl/α,β-unsaturated/α-hetero) is 1. The number of ketones is 1. The van der Waals surface area contributed by atoms with Crippen LogP contribution in [0.25, 0.3) is 0 Å². The van der Waals surface area contributed by atoms with E-state index in [1.807, 2.05) is 6.92 Å². The molecule has 6 nitrogen and oxygen atoms in total. The first kappa shape index (κ1) is 17.5. The predicted molar refractivity (Wildman–Crippen MR) is 86.4 cm³/mol. The fourth-order valence-electron chi connectivity index (χ4n) is 2.48. The number of amides is 1. The molecule has 126 valence electrons. The molecule has 2 rings (SSSR count). The molecule has 1 N–H and O–H groups in total. The number of ether oxygens (including phenoxy) is 1. The Morgan fingerprint density at radius 2 is 1.91 bits per heavy atom. The van der Waals surface area contributed by atoms with Crippen LogP contribution in [0.4, 0.5) is 0 Å². The Labute approximate surface area is 136 Å². The van der Waals surface area contributed by atoms with E-state index in [-0.39, 0.29) is 42.1 Å². The Morgan fingerprint density at radius 3 is 2.48 bits per heavy atom. The summed E-state index contributed by atoms with van der Waals surface area (Å²) >= 11 is 0. The van der Waals surface area contributed by atoms with E-state index in [2.05, 4.69) is 5.32 Å². The summed E-state index contributed by atoms with van der Waals surface area (Å²) in [6.45, 7) is 2.44. The summed E-state index contributed by atoms with van der Waals surface area (Å²) in [7, 11) is -3.02. The average Bonchev–Trinajstić information content (AvgIpc) is 2.84. The molecule has 1 fully saturated rings. The van der Waals surface area contributed by atoms with Gasteiger partial charge < -0.3 is 10.1 Å². The molecule has 0 spiro atoms. The molecule has 23 heavy (non-hydrogen) atoms. The van der Waals surface area contributed by atoms with Crippen LogP contribution < -0.4 is 10.1 Å². The molecule has 0 saturated carbocycles. The molecule has 0 aromatic heterocycles. The predicted octanol–water partition coefficient (Wildman–Crippen LogP) is 1.35. The topological polar surface area (TPSA) is 89.5 Å². The first-order valence-corrected chi connectivity index (χ1v) is 9.47. The smallest absolute Gasteiger partial charge is 0.220 e. The third kappa shape index (κ3) is 5.35. The summed E-state index contributed by atoms with van der Waals surface area (Å²) < 4.78 is 28.0.